The monoisotopic (exact) mass is 670 g/mol. The summed E-state index contributed by atoms with van der Waals surface area (Å²) < 4.78 is 163. The average molecular weight is 671 g/mol. The van der Waals surface area contributed by atoms with Crippen LogP contribution in [-0.4, -0.2) is 64.3 Å². The minimum atomic E-state index is -7.14. The van der Waals surface area contributed by atoms with Crippen molar-refractivity contribution >= 4 is 29.0 Å². The number of halogens is 13. The van der Waals surface area contributed by atoms with Gasteiger partial charge in [0.15, 0.2) is 17.3 Å². The Kier molecular flexibility index (Phi) is 8.65. The quantitative estimate of drug-likeness (QED) is 0.155. The van der Waals surface area contributed by atoms with Crippen molar-refractivity contribution in [3.63, 3.8) is 0 Å². The SMILES string of the molecule is CN/C(=C(/OC(F)(F)C(F)(F)C(F)(F)F)C(=N)C(F)(F)C(F)(F)F)n1cc(-c2ccc(Cl)c(C(=O)NC3(C#N)CC3)c2)cn1. The van der Waals surface area contributed by atoms with Crippen molar-refractivity contribution < 1.29 is 62.2 Å². The number of nitrogens with one attached hydrogen (secondary N) is 3. The van der Waals surface area contributed by atoms with Gasteiger partial charge in [0.1, 0.15) is 5.54 Å². The number of ether oxygens (including phenoxy) is 1. The summed E-state index contributed by atoms with van der Waals surface area (Å²) in [5.74, 6) is -18.8. The number of hydrogen-bond donors (Lipinski definition) is 3. The minimum Gasteiger partial charge on any atom is -0.422 e. The van der Waals surface area contributed by atoms with Crippen LogP contribution in [0.25, 0.3) is 16.9 Å². The number of hydrogen-bond acceptors (Lipinski definition) is 6. The smallest absolute Gasteiger partial charge is 0.422 e. The van der Waals surface area contributed by atoms with Crippen LogP contribution < -0.4 is 10.6 Å². The normalized spacial score (nSPS) is 16.0. The van der Waals surface area contributed by atoms with Crippen molar-refractivity contribution in [1.29, 1.82) is 10.7 Å². The van der Waals surface area contributed by atoms with Crippen LogP contribution in [0, 0.1) is 16.7 Å². The molecule has 0 atom stereocenters. The van der Waals surface area contributed by atoms with Crippen LogP contribution in [-0.2, 0) is 4.74 Å². The van der Waals surface area contributed by atoms with Crippen molar-refractivity contribution in [2.75, 3.05) is 7.05 Å². The molecule has 8 nitrogen and oxygen atoms in total. The van der Waals surface area contributed by atoms with Crippen molar-refractivity contribution in [2.24, 2.45) is 0 Å². The zero-order valence-corrected chi connectivity index (χ0v) is 22.1. The van der Waals surface area contributed by atoms with E-state index in [4.69, 9.17) is 22.3 Å². The van der Waals surface area contributed by atoms with E-state index < -0.39 is 59.0 Å². The van der Waals surface area contributed by atoms with E-state index in [1.807, 2.05) is 6.07 Å². The van der Waals surface area contributed by atoms with E-state index in [2.05, 4.69) is 15.2 Å². The van der Waals surface area contributed by atoms with Gasteiger partial charge in [-0.05, 0) is 30.5 Å². The number of alkyl halides is 12. The van der Waals surface area contributed by atoms with Crippen molar-refractivity contribution in [3.05, 3.63) is 46.9 Å². The number of benzene rings is 1. The summed E-state index contributed by atoms with van der Waals surface area (Å²) >= 11 is 6.04. The first-order valence-electron chi connectivity index (χ1n) is 11.5. The number of rotatable bonds is 10. The third-order valence-electron chi connectivity index (χ3n) is 5.97. The molecule has 0 aliphatic heterocycles. The number of nitriles is 1. The summed E-state index contributed by atoms with van der Waals surface area (Å²) in [5, 5.41) is 23.9. The largest absolute Gasteiger partial charge is 0.474 e. The maximum atomic E-state index is 14.1. The third kappa shape index (κ3) is 6.23. The number of aromatic nitrogens is 2. The molecule has 21 heteroatoms. The molecule has 1 aliphatic rings. The van der Waals surface area contributed by atoms with E-state index in [1.165, 1.54) is 6.07 Å². The van der Waals surface area contributed by atoms with Gasteiger partial charge < -0.3 is 15.4 Å². The topological polar surface area (TPSA) is 116 Å². The second kappa shape index (κ2) is 11.1. The van der Waals surface area contributed by atoms with Gasteiger partial charge in [0, 0.05) is 18.8 Å². The molecule has 0 unspecified atom stereocenters. The Labute approximate surface area is 242 Å². The van der Waals surface area contributed by atoms with Gasteiger partial charge in [-0.3, -0.25) is 10.2 Å². The number of allylic oxidation sites excluding steroid dienone is 1. The van der Waals surface area contributed by atoms with E-state index in [0.29, 0.717) is 26.1 Å². The molecular weight excluding hydrogens is 656 g/mol. The highest BCUT2D eigenvalue weighted by molar-refractivity contribution is 6.34. The highest BCUT2D eigenvalue weighted by Crippen LogP contribution is 2.49. The Bertz CT molecular complexity index is 1540. The highest BCUT2D eigenvalue weighted by Gasteiger charge is 2.76. The number of carbonyl (C=O) groups excluding carboxylic acids is 1. The van der Waals surface area contributed by atoms with E-state index in [9.17, 15) is 57.5 Å². The molecule has 1 heterocycles. The van der Waals surface area contributed by atoms with Gasteiger partial charge in [0.25, 0.3) is 5.91 Å². The summed E-state index contributed by atoms with van der Waals surface area (Å²) in [6, 6.07) is 5.38. The van der Waals surface area contributed by atoms with Crippen LogP contribution in [0.5, 0.6) is 0 Å². The van der Waals surface area contributed by atoms with Gasteiger partial charge >= 0.3 is 30.3 Å². The second-order valence-electron chi connectivity index (χ2n) is 9.08. The summed E-state index contributed by atoms with van der Waals surface area (Å²) in [6.45, 7) is 0. The summed E-state index contributed by atoms with van der Waals surface area (Å²) in [4.78, 5) is 12.6. The fourth-order valence-electron chi connectivity index (χ4n) is 3.34. The van der Waals surface area contributed by atoms with Crippen LogP contribution in [0.15, 0.2) is 36.4 Å². The van der Waals surface area contributed by atoms with Crippen LogP contribution in [0.3, 0.4) is 0 Å². The lowest BCUT2D eigenvalue weighted by molar-refractivity contribution is -0.414. The molecule has 44 heavy (non-hydrogen) atoms. The minimum absolute atomic E-state index is 0.00448. The molecule has 3 rings (SSSR count). The van der Waals surface area contributed by atoms with E-state index in [0.717, 1.165) is 18.3 Å². The van der Waals surface area contributed by atoms with E-state index in [1.54, 1.807) is 5.32 Å². The van der Waals surface area contributed by atoms with Gasteiger partial charge in [-0.2, -0.15) is 63.0 Å². The summed E-state index contributed by atoms with van der Waals surface area (Å²) in [7, 11) is 0.618. The second-order valence-corrected chi connectivity index (χ2v) is 9.49. The molecule has 3 N–H and O–H groups in total. The van der Waals surface area contributed by atoms with Crippen molar-refractivity contribution in [3.8, 4) is 17.2 Å². The Hall–Kier alpha value is -4.15. The van der Waals surface area contributed by atoms with Gasteiger partial charge in [-0.15, -0.1) is 0 Å². The number of nitrogens with zero attached hydrogens (tertiary/aromatic N) is 3. The fourth-order valence-corrected chi connectivity index (χ4v) is 3.54. The fraction of sp³-hybridized carbons (Fsp3) is 0.391. The predicted molar refractivity (Wildman–Crippen MR) is 126 cm³/mol. The van der Waals surface area contributed by atoms with Crippen LogP contribution >= 0.6 is 11.6 Å². The van der Waals surface area contributed by atoms with Gasteiger partial charge in [-0.25, -0.2) is 4.68 Å². The molecule has 0 spiro atoms. The number of amides is 1. The molecule has 1 fully saturated rings. The first kappa shape index (κ1) is 34.3. The zero-order valence-electron chi connectivity index (χ0n) is 21.4. The maximum absolute atomic E-state index is 14.1. The summed E-state index contributed by atoms with van der Waals surface area (Å²) in [6.07, 6.45) is -18.5. The van der Waals surface area contributed by atoms with Crippen molar-refractivity contribution in [1.82, 2.24) is 20.4 Å². The molecule has 1 saturated carbocycles. The molecular formula is C23H15ClF12N6O2. The Morgan fingerprint density at radius 2 is 1.64 bits per heavy atom. The molecule has 1 aromatic heterocycles. The van der Waals surface area contributed by atoms with Crippen molar-refractivity contribution in [2.45, 2.75) is 48.7 Å². The van der Waals surface area contributed by atoms with Gasteiger partial charge in [-0.1, -0.05) is 17.7 Å². The zero-order chi connectivity index (χ0) is 33.7. The number of carbonyl (C=O) groups is 1. The standard InChI is InChI=1S/C23H15ClF12N6O2/c1-39-16(14(15(38)19(25,26)21(29,30)31)44-23(35,36)20(27,28)22(32,33)34)42-8-11(7-40-42)10-2-3-13(24)12(6-10)17(43)41-18(9-37)4-5-18/h2-3,6-8,38-39H,4-5H2,1H3,(H,41,43)/b16-14-,38-15?. The van der Waals surface area contributed by atoms with Gasteiger partial charge in [0.2, 0.25) is 0 Å². The van der Waals surface area contributed by atoms with Crippen LogP contribution in [0.4, 0.5) is 52.7 Å². The molecule has 0 bridgehead atoms. The summed E-state index contributed by atoms with van der Waals surface area (Å²) in [5.41, 5.74) is -4.80. The molecule has 0 saturated heterocycles. The lowest BCUT2D eigenvalue weighted by Crippen LogP contribution is -2.55. The van der Waals surface area contributed by atoms with E-state index in [-0.39, 0.29) is 26.4 Å². The Balaban J connectivity index is 2.15. The van der Waals surface area contributed by atoms with Crippen LogP contribution in [0.2, 0.25) is 5.02 Å². The Morgan fingerprint density at radius 1 is 1.05 bits per heavy atom. The van der Waals surface area contributed by atoms with E-state index >= 15 is 0 Å². The first-order valence-corrected chi connectivity index (χ1v) is 11.9. The van der Waals surface area contributed by atoms with Gasteiger partial charge in [0.05, 0.1) is 22.9 Å². The molecule has 2 aromatic rings. The lowest BCUT2D eigenvalue weighted by Gasteiger charge is -2.31. The molecule has 1 aliphatic carbocycles. The predicted octanol–water partition coefficient (Wildman–Crippen LogP) is 6.36. The van der Waals surface area contributed by atoms with Crippen LogP contribution in [0.1, 0.15) is 23.2 Å². The molecule has 0 radical (unpaired) electrons. The lowest BCUT2D eigenvalue weighted by atomic mass is 10.1. The third-order valence-corrected chi connectivity index (χ3v) is 6.30. The highest BCUT2D eigenvalue weighted by atomic mass is 35.5. The molecule has 240 valence electrons. The average Bonchev–Trinajstić information content (AvgIpc) is 3.51. The first-order chi connectivity index (χ1) is 19.9. The Morgan fingerprint density at radius 3 is 2.11 bits per heavy atom. The molecule has 1 amide bonds. The maximum Gasteiger partial charge on any atom is 0.474 e. The molecule has 1 aromatic carbocycles.